The summed E-state index contributed by atoms with van der Waals surface area (Å²) in [5, 5.41) is 3.43. The molecule has 98 valence electrons. The highest BCUT2D eigenvalue weighted by atomic mass is 16.5. The Morgan fingerprint density at radius 1 is 1.47 bits per heavy atom. The number of nitrogens with zero attached hydrogens (tertiary/aromatic N) is 1. The lowest BCUT2D eigenvalue weighted by Gasteiger charge is -2.27. The van der Waals surface area contributed by atoms with E-state index in [0.717, 1.165) is 32.4 Å². The van der Waals surface area contributed by atoms with E-state index in [1.165, 1.54) is 0 Å². The van der Waals surface area contributed by atoms with Crippen LogP contribution in [0.2, 0.25) is 0 Å². The summed E-state index contributed by atoms with van der Waals surface area (Å²) in [5.41, 5.74) is 0. The number of hydrogen-bond acceptors (Lipinski definition) is 3. The molecule has 0 spiro atoms. The lowest BCUT2D eigenvalue weighted by atomic mass is 10.0. The van der Waals surface area contributed by atoms with Crippen LogP contribution in [0.4, 0.5) is 0 Å². The summed E-state index contributed by atoms with van der Waals surface area (Å²) in [7, 11) is 0. The fraction of sp³-hybridized carbons (Fsp3) is 0.923. The normalized spacial score (nSPS) is 33.3. The number of carbonyl (C=O) groups excluding carboxylic acids is 1. The monoisotopic (exact) mass is 240 g/mol. The van der Waals surface area contributed by atoms with Crippen LogP contribution in [0.15, 0.2) is 0 Å². The third-order valence-electron chi connectivity index (χ3n) is 3.89. The molecule has 0 aromatic carbocycles. The Hall–Kier alpha value is -0.610. The van der Waals surface area contributed by atoms with Gasteiger partial charge >= 0.3 is 0 Å². The number of ether oxygens (including phenoxy) is 1. The highest BCUT2D eigenvalue weighted by Crippen LogP contribution is 2.23. The minimum atomic E-state index is 0.0297. The van der Waals surface area contributed by atoms with Crippen LogP contribution < -0.4 is 5.32 Å². The van der Waals surface area contributed by atoms with E-state index in [1.807, 2.05) is 4.90 Å². The van der Waals surface area contributed by atoms with Crippen molar-refractivity contribution in [2.75, 3.05) is 26.3 Å². The molecule has 0 bridgehead atoms. The Morgan fingerprint density at radius 2 is 2.29 bits per heavy atom. The second kappa shape index (κ2) is 5.83. The Labute approximate surface area is 104 Å². The Morgan fingerprint density at radius 3 is 2.94 bits per heavy atom. The zero-order valence-corrected chi connectivity index (χ0v) is 10.9. The molecule has 3 atom stereocenters. The fourth-order valence-corrected chi connectivity index (χ4v) is 2.80. The summed E-state index contributed by atoms with van der Waals surface area (Å²) in [6.07, 6.45) is 3.39. The number of carbonyl (C=O) groups is 1. The number of rotatable bonds is 4. The van der Waals surface area contributed by atoms with Crippen LogP contribution in [-0.4, -0.2) is 49.2 Å². The molecule has 4 nitrogen and oxygen atoms in total. The maximum Gasteiger partial charge on any atom is 0.229 e. The molecule has 2 aliphatic rings. The summed E-state index contributed by atoms with van der Waals surface area (Å²) in [4.78, 5) is 14.5. The number of nitrogens with one attached hydrogen (secondary N) is 1. The van der Waals surface area contributed by atoms with E-state index < -0.39 is 0 Å². The van der Waals surface area contributed by atoms with Gasteiger partial charge < -0.3 is 15.0 Å². The maximum atomic E-state index is 12.4. The largest absolute Gasteiger partial charge is 0.379 e. The van der Waals surface area contributed by atoms with Gasteiger partial charge in [-0.1, -0.05) is 6.92 Å². The zero-order valence-electron chi connectivity index (χ0n) is 10.9. The highest BCUT2D eigenvalue weighted by molar-refractivity contribution is 5.80. The van der Waals surface area contributed by atoms with Crippen LogP contribution in [0.25, 0.3) is 0 Å². The smallest absolute Gasteiger partial charge is 0.229 e. The van der Waals surface area contributed by atoms with Gasteiger partial charge in [-0.25, -0.2) is 0 Å². The topological polar surface area (TPSA) is 41.6 Å². The lowest BCUT2D eigenvalue weighted by molar-refractivity contribution is -0.136. The van der Waals surface area contributed by atoms with E-state index in [0.29, 0.717) is 25.2 Å². The van der Waals surface area contributed by atoms with Gasteiger partial charge in [0, 0.05) is 18.6 Å². The minimum Gasteiger partial charge on any atom is -0.379 e. The fourth-order valence-electron chi connectivity index (χ4n) is 2.80. The molecule has 17 heavy (non-hydrogen) atoms. The summed E-state index contributed by atoms with van der Waals surface area (Å²) in [6.45, 7) is 7.45. The molecule has 2 heterocycles. The minimum absolute atomic E-state index is 0.0297. The van der Waals surface area contributed by atoms with Crippen LogP contribution in [0.1, 0.15) is 33.1 Å². The quantitative estimate of drug-likeness (QED) is 0.797. The molecule has 1 amide bonds. The van der Waals surface area contributed by atoms with Gasteiger partial charge in [0.15, 0.2) is 0 Å². The first-order valence-corrected chi connectivity index (χ1v) is 6.85. The van der Waals surface area contributed by atoms with Gasteiger partial charge in [-0.05, 0) is 32.7 Å². The van der Waals surface area contributed by atoms with Gasteiger partial charge in [0.05, 0.1) is 19.1 Å². The Bertz CT molecular complexity index is 270. The number of likely N-dealkylation sites (tertiary alicyclic amines) is 1. The van der Waals surface area contributed by atoms with Crippen molar-refractivity contribution in [1.82, 2.24) is 10.2 Å². The van der Waals surface area contributed by atoms with Gasteiger partial charge in [-0.3, -0.25) is 4.79 Å². The maximum absolute atomic E-state index is 12.4. The van der Waals surface area contributed by atoms with E-state index in [9.17, 15) is 4.79 Å². The van der Waals surface area contributed by atoms with Gasteiger partial charge in [-0.2, -0.15) is 0 Å². The van der Waals surface area contributed by atoms with Crippen LogP contribution in [0, 0.1) is 5.92 Å². The van der Waals surface area contributed by atoms with Crippen molar-refractivity contribution in [3.8, 4) is 0 Å². The lowest BCUT2D eigenvalue weighted by Crippen LogP contribution is -2.46. The second-order valence-electron chi connectivity index (χ2n) is 5.23. The molecule has 0 radical (unpaired) electrons. The molecule has 1 N–H and O–H groups in total. The molecule has 2 aliphatic heterocycles. The predicted molar refractivity (Wildman–Crippen MR) is 66.8 cm³/mol. The van der Waals surface area contributed by atoms with Crippen molar-refractivity contribution in [1.29, 1.82) is 0 Å². The average molecular weight is 240 g/mol. The number of hydrogen-bond donors (Lipinski definition) is 1. The van der Waals surface area contributed by atoms with Crippen LogP contribution in [0.3, 0.4) is 0 Å². The Kier molecular flexibility index (Phi) is 4.40. The van der Waals surface area contributed by atoms with E-state index in [4.69, 9.17) is 4.74 Å². The van der Waals surface area contributed by atoms with Crippen molar-refractivity contribution in [3.05, 3.63) is 0 Å². The summed E-state index contributed by atoms with van der Waals surface area (Å²) in [6, 6.07) is 0.630. The third-order valence-corrected chi connectivity index (χ3v) is 3.89. The molecule has 2 rings (SSSR count). The molecular formula is C13H24N2O2. The zero-order chi connectivity index (χ0) is 12.3. The second-order valence-corrected chi connectivity index (χ2v) is 5.23. The van der Waals surface area contributed by atoms with Crippen molar-refractivity contribution >= 4 is 5.91 Å². The molecule has 0 saturated carbocycles. The van der Waals surface area contributed by atoms with E-state index in [2.05, 4.69) is 19.2 Å². The molecule has 2 fully saturated rings. The van der Waals surface area contributed by atoms with E-state index in [1.54, 1.807) is 0 Å². The highest BCUT2D eigenvalue weighted by Gasteiger charge is 2.38. The summed E-state index contributed by atoms with van der Waals surface area (Å²) < 4.78 is 5.47. The van der Waals surface area contributed by atoms with Gasteiger partial charge in [0.2, 0.25) is 5.91 Å². The molecular weight excluding hydrogens is 216 g/mol. The first-order valence-electron chi connectivity index (χ1n) is 6.85. The SMILES string of the molecule is CCCNC1COCC1C(=O)N1CCCC1C. The van der Waals surface area contributed by atoms with Gasteiger partial charge in [0.1, 0.15) is 0 Å². The first kappa shape index (κ1) is 12.8. The summed E-state index contributed by atoms with van der Waals surface area (Å²) in [5.74, 6) is 0.322. The number of amides is 1. The van der Waals surface area contributed by atoms with Crippen molar-refractivity contribution in [2.45, 2.75) is 45.2 Å². The van der Waals surface area contributed by atoms with Crippen LogP contribution in [0.5, 0.6) is 0 Å². The van der Waals surface area contributed by atoms with Crippen molar-refractivity contribution in [2.24, 2.45) is 5.92 Å². The molecule has 2 saturated heterocycles. The van der Waals surface area contributed by atoms with Gasteiger partial charge in [-0.15, -0.1) is 0 Å². The average Bonchev–Trinajstić information content (AvgIpc) is 2.94. The third kappa shape index (κ3) is 2.80. The molecule has 4 heteroatoms. The molecule has 3 unspecified atom stereocenters. The molecule has 0 aromatic rings. The van der Waals surface area contributed by atoms with Crippen molar-refractivity contribution < 1.29 is 9.53 Å². The molecule has 0 aromatic heterocycles. The van der Waals surface area contributed by atoms with Gasteiger partial charge in [0.25, 0.3) is 0 Å². The van der Waals surface area contributed by atoms with Crippen LogP contribution in [-0.2, 0) is 9.53 Å². The Balaban J connectivity index is 1.93. The first-order chi connectivity index (χ1) is 8.24. The van der Waals surface area contributed by atoms with E-state index in [-0.39, 0.29) is 12.0 Å². The van der Waals surface area contributed by atoms with Crippen molar-refractivity contribution in [3.63, 3.8) is 0 Å². The summed E-state index contributed by atoms with van der Waals surface area (Å²) >= 11 is 0. The standard InChI is InChI=1S/C13H24N2O2/c1-3-6-14-12-9-17-8-11(12)13(16)15-7-4-5-10(15)2/h10-12,14H,3-9H2,1-2H3. The molecule has 0 aliphatic carbocycles. The predicted octanol–water partition coefficient (Wildman–Crippen LogP) is 1.01. The van der Waals surface area contributed by atoms with E-state index >= 15 is 0 Å². The van der Waals surface area contributed by atoms with Crippen LogP contribution >= 0.6 is 0 Å².